The number of nitrogens with one attached hydrogen (secondary N) is 2. The SMILES string of the molecule is CNCCC(=O)NC(C)c1cc2c(cc1Br)OCCO2.Cl. The van der Waals surface area contributed by atoms with Crippen molar-refractivity contribution in [2.45, 2.75) is 19.4 Å². The highest BCUT2D eigenvalue weighted by Gasteiger charge is 2.19. The molecule has 0 spiro atoms. The van der Waals surface area contributed by atoms with Crippen LogP contribution in [0.25, 0.3) is 0 Å². The van der Waals surface area contributed by atoms with Gasteiger partial charge in [0, 0.05) is 17.4 Å². The van der Waals surface area contributed by atoms with Crippen LogP contribution in [0.5, 0.6) is 11.5 Å². The van der Waals surface area contributed by atoms with Crippen LogP contribution in [0.1, 0.15) is 24.9 Å². The molecule has 1 aliphatic rings. The minimum atomic E-state index is -0.0930. The summed E-state index contributed by atoms with van der Waals surface area (Å²) < 4.78 is 12.0. The maximum Gasteiger partial charge on any atom is 0.221 e. The third kappa shape index (κ3) is 4.76. The van der Waals surface area contributed by atoms with Crippen LogP contribution in [0.2, 0.25) is 0 Å². The Hall–Kier alpha value is -0.980. The predicted octanol–water partition coefficient (Wildman–Crippen LogP) is 2.43. The molecule has 1 unspecified atom stereocenters. The van der Waals surface area contributed by atoms with Gasteiger partial charge in [-0.05, 0) is 31.7 Å². The van der Waals surface area contributed by atoms with Gasteiger partial charge in [-0.1, -0.05) is 15.9 Å². The summed E-state index contributed by atoms with van der Waals surface area (Å²) in [4.78, 5) is 11.8. The molecular weight excluding hydrogens is 360 g/mol. The average Bonchev–Trinajstić information content (AvgIpc) is 2.44. The number of ether oxygens (including phenoxy) is 2. The first kappa shape index (κ1) is 18.1. The molecule has 1 aromatic rings. The van der Waals surface area contributed by atoms with Crippen molar-refractivity contribution in [3.05, 3.63) is 22.2 Å². The number of benzene rings is 1. The number of carbonyl (C=O) groups excluding carboxylic acids is 1. The van der Waals surface area contributed by atoms with Gasteiger partial charge in [-0.25, -0.2) is 0 Å². The van der Waals surface area contributed by atoms with Crippen LogP contribution in [0.15, 0.2) is 16.6 Å². The standard InChI is InChI=1S/C14H19BrN2O3.ClH/c1-9(17-14(18)3-4-16-2)10-7-12-13(8-11(10)15)20-6-5-19-12;/h7-9,16H,3-6H2,1-2H3,(H,17,18);1H. The number of hydrogen-bond acceptors (Lipinski definition) is 4. The summed E-state index contributed by atoms with van der Waals surface area (Å²) in [7, 11) is 1.83. The van der Waals surface area contributed by atoms with E-state index in [1.54, 1.807) is 0 Å². The maximum atomic E-state index is 11.8. The minimum Gasteiger partial charge on any atom is -0.486 e. The van der Waals surface area contributed by atoms with Gasteiger partial charge in [0.25, 0.3) is 0 Å². The molecular formula is C14H20BrClN2O3. The molecule has 0 saturated carbocycles. The van der Waals surface area contributed by atoms with E-state index in [1.807, 2.05) is 26.1 Å². The summed E-state index contributed by atoms with van der Waals surface area (Å²) in [6.07, 6.45) is 0.461. The lowest BCUT2D eigenvalue weighted by molar-refractivity contribution is -0.121. The highest BCUT2D eigenvalue weighted by Crippen LogP contribution is 2.37. The molecule has 2 rings (SSSR count). The second-order valence-corrected chi connectivity index (χ2v) is 5.51. The fourth-order valence-corrected chi connectivity index (χ4v) is 2.71. The molecule has 21 heavy (non-hydrogen) atoms. The average molecular weight is 380 g/mol. The zero-order chi connectivity index (χ0) is 14.5. The normalized spacial score (nSPS) is 14.0. The number of halogens is 2. The van der Waals surface area contributed by atoms with Crippen LogP contribution in [-0.2, 0) is 4.79 Å². The van der Waals surface area contributed by atoms with Crippen molar-refractivity contribution in [2.75, 3.05) is 26.8 Å². The summed E-state index contributed by atoms with van der Waals surface area (Å²) >= 11 is 3.52. The summed E-state index contributed by atoms with van der Waals surface area (Å²) in [6.45, 7) is 3.74. The number of rotatable bonds is 5. The monoisotopic (exact) mass is 378 g/mol. The smallest absolute Gasteiger partial charge is 0.221 e. The number of amides is 1. The molecule has 1 aromatic carbocycles. The van der Waals surface area contributed by atoms with Crippen molar-refractivity contribution < 1.29 is 14.3 Å². The quantitative estimate of drug-likeness (QED) is 0.825. The Kier molecular flexibility index (Phi) is 7.28. The molecule has 1 atom stereocenters. The van der Waals surface area contributed by atoms with Gasteiger partial charge in [0.15, 0.2) is 11.5 Å². The van der Waals surface area contributed by atoms with E-state index in [0.29, 0.717) is 26.2 Å². The highest BCUT2D eigenvalue weighted by atomic mass is 79.9. The van der Waals surface area contributed by atoms with Crippen molar-refractivity contribution in [1.29, 1.82) is 0 Å². The van der Waals surface area contributed by atoms with Crippen LogP contribution >= 0.6 is 28.3 Å². The second kappa shape index (κ2) is 8.46. The van der Waals surface area contributed by atoms with E-state index in [-0.39, 0.29) is 24.4 Å². The Bertz CT molecular complexity index is 499. The summed E-state index contributed by atoms with van der Waals surface area (Å²) in [5.74, 6) is 1.49. The summed E-state index contributed by atoms with van der Waals surface area (Å²) in [5, 5.41) is 5.93. The van der Waals surface area contributed by atoms with Crippen LogP contribution in [0.3, 0.4) is 0 Å². The van der Waals surface area contributed by atoms with E-state index in [1.165, 1.54) is 0 Å². The zero-order valence-corrected chi connectivity index (χ0v) is 14.5. The Morgan fingerprint density at radius 1 is 1.33 bits per heavy atom. The molecule has 1 aliphatic heterocycles. The minimum absolute atomic E-state index is 0. The predicted molar refractivity (Wildman–Crippen MR) is 87.5 cm³/mol. The number of carbonyl (C=O) groups is 1. The lowest BCUT2D eigenvalue weighted by Crippen LogP contribution is -2.29. The van der Waals surface area contributed by atoms with Crippen LogP contribution in [0.4, 0.5) is 0 Å². The van der Waals surface area contributed by atoms with Gasteiger partial charge < -0.3 is 20.1 Å². The van der Waals surface area contributed by atoms with Crippen molar-refractivity contribution in [3.8, 4) is 11.5 Å². The zero-order valence-electron chi connectivity index (χ0n) is 12.1. The van der Waals surface area contributed by atoms with E-state index in [4.69, 9.17) is 9.47 Å². The van der Waals surface area contributed by atoms with E-state index < -0.39 is 0 Å². The summed E-state index contributed by atoms with van der Waals surface area (Å²) in [6, 6.07) is 3.71. The molecule has 0 bridgehead atoms. The number of hydrogen-bond donors (Lipinski definition) is 2. The molecule has 118 valence electrons. The highest BCUT2D eigenvalue weighted by molar-refractivity contribution is 9.10. The van der Waals surface area contributed by atoms with E-state index in [2.05, 4.69) is 26.6 Å². The maximum absolute atomic E-state index is 11.8. The van der Waals surface area contributed by atoms with E-state index >= 15 is 0 Å². The first-order valence-electron chi connectivity index (χ1n) is 6.65. The Morgan fingerprint density at radius 2 is 1.95 bits per heavy atom. The van der Waals surface area contributed by atoms with Crippen LogP contribution < -0.4 is 20.1 Å². The van der Waals surface area contributed by atoms with Gasteiger partial charge in [-0.15, -0.1) is 12.4 Å². The van der Waals surface area contributed by atoms with Crippen LogP contribution in [-0.4, -0.2) is 32.7 Å². The van der Waals surface area contributed by atoms with Crippen molar-refractivity contribution in [2.24, 2.45) is 0 Å². The third-order valence-corrected chi connectivity index (χ3v) is 3.79. The molecule has 0 aliphatic carbocycles. The van der Waals surface area contributed by atoms with Gasteiger partial charge in [-0.2, -0.15) is 0 Å². The van der Waals surface area contributed by atoms with Crippen molar-refractivity contribution in [1.82, 2.24) is 10.6 Å². The lowest BCUT2D eigenvalue weighted by Gasteiger charge is -2.22. The first-order chi connectivity index (χ1) is 9.61. The van der Waals surface area contributed by atoms with E-state index in [0.717, 1.165) is 21.5 Å². The molecule has 5 nitrogen and oxygen atoms in total. The largest absolute Gasteiger partial charge is 0.486 e. The second-order valence-electron chi connectivity index (χ2n) is 4.66. The molecule has 0 radical (unpaired) electrons. The van der Waals surface area contributed by atoms with Gasteiger partial charge in [0.1, 0.15) is 13.2 Å². The fourth-order valence-electron chi connectivity index (χ4n) is 2.04. The first-order valence-corrected chi connectivity index (χ1v) is 7.44. The molecule has 0 aromatic heterocycles. The Labute approximate surface area is 139 Å². The Balaban J connectivity index is 0.00000220. The topological polar surface area (TPSA) is 59.6 Å². The van der Waals surface area contributed by atoms with E-state index in [9.17, 15) is 4.79 Å². The third-order valence-electron chi connectivity index (χ3n) is 3.11. The number of fused-ring (bicyclic) bond motifs is 1. The van der Waals surface area contributed by atoms with Gasteiger partial charge >= 0.3 is 0 Å². The molecule has 0 fully saturated rings. The molecule has 2 N–H and O–H groups in total. The van der Waals surface area contributed by atoms with Crippen LogP contribution in [0, 0.1) is 0 Å². The van der Waals surface area contributed by atoms with Crippen molar-refractivity contribution >= 4 is 34.2 Å². The fraction of sp³-hybridized carbons (Fsp3) is 0.500. The Morgan fingerprint density at radius 3 is 2.57 bits per heavy atom. The molecule has 0 saturated heterocycles. The molecule has 1 amide bonds. The summed E-state index contributed by atoms with van der Waals surface area (Å²) in [5.41, 5.74) is 0.979. The molecule has 7 heteroatoms. The van der Waals surface area contributed by atoms with Crippen molar-refractivity contribution in [3.63, 3.8) is 0 Å². The lowest BCUT2D eigenvalue weighted by atomic mass is 10.1. The van der Waals surface area contributed by atoms with Gasteiger partial charge in [-0.3, -0.25) is 4.79 Å². The van der Waals surface area contributed by atoms with Gasteiger partial charge in [0.05, 0.1) is 6.04 Å². The van der Waals surface area contributed by atoms with Gasteiger partial charge in [0.2, 0.25) is 5.91 Å². The molecule has 1 heterocycles.